The number of morpholine rings is 1. The monoisotopic (exact) mass is 298 g/mol. The number of nitrogens with zero attached hydrogens (tertiary/aromatic N) is 1. The van der Waals surface area contributed by atoms with Gasteiger partial charge in [0.2, 0.25) is 0 Å². The molecule has 1 aliphatic rings. The maximum absolute atomic E-state index is 6.24. The van der Waals surface area contributed by atoms with Gasteiger partial charge in [-0.3, -0.25) is 4.90 Å². The molecule has 1 aromatic rings. The number of hydrogen-bond donors (Lipinski definition) is 1. The molecule has 0 spiro atoms. The van der Waals surface area contributed by atoms with Crippen molar-refractivity contribution in [3.8, 4) is 5.75 Å². The van der Waals surface area contributed by atoms with E-state index in [1.165, 1.54) is 0 Å². The molecule has 1 atom stereocenters. The third kappa shape index (κ3) is 4.35. The van der Waals surface area contributed by atoms with Gasteiger partial charge in [0.1, 0.15) is 5.75 Å². The SMILES string of the molecule is COc1cccc(Cl)c1CNC(C)CN1CCOCC1. The Morgan fingerprint density at radius 1 is 1.40 bits per heavy atom. The molecular formula is C15H23ClN2O2. The number of rotatable bonds is 6. The molecule has 1 unspecified atom stereocenters. The van der Waals surface area contributed by atoms with Crippen LogP contribution >= 0.6 is 11.6 Å². The van der Waals surface area contributed by atoms with Gasteiger partial charge in [-0.15, -0.1) is 0 Å². The van der Waals surface area contributed by atoms with Gasteiger partial charge in [-0.25, -0.2) is 0 Å². The normalized spacial score (nSPS) is 17.9. The third-order valence-electron chi connectivity index (χ3n) is 3.56. The fraction of sp³-hybridized carbons (Fsp3) is 0.600. The Morgan fingerprint density at radius 3 is 2.85 bits per heavy atom. The van der Waals surface area contributed by atoms with Crippen molar-refractivity contribution in [2.45, 2.75) is 19.5 Å². The van der Waals surface area contributed by atoms with Gasteiger partial charge in [0, 0.05) is 42.8 Å². The number of hydrogen-bond acceptors (Lipinski definition) is 4. The topological polar surface area (TPSA) is 33.7 Å². The summed E-state index contributed by atoms with van der Waals surface area (Å²) in [6.45, 7) is 7.64. The van der Waals surface area contributed by atoms with Crippen LogP contribution < -0.4 is 10.1 Å². The van der Waals surface area contributed by atoms with Crippen LogP contribution in [0.15, 0.2) is 18.2 Å². The van der Waals surface area contributed by atoms with Gasteiger partial charge in [0.25, 0.3) is 0 Å². The van der Waals surface area contributed by atoms with Crippen molar-refractivity contribution in [3.05, 3.63) is 28.8 Å². The molecule has 1 N–H and O–H groups in total. The summed E-state index contributed by atoms with van der Waals surface area (Å²) in [5.74, 6) is 0.837. The quantitative estimate of drug-likeness (QED) is 0.873. The zero-order valence-corrected chi connectivity index (χ0v) is 12.9. The smallest absolute Gasteiger partial charge is 0.124 e. The second-order valence-electron chi connectivity index (χ2n) is 5.12. The first-order valence-electron chi connectivity index (χ1n) is 7.05. The minimum absolute atomic E-state index is 0.397. The van der Waals surface area contributed by atoms with Crippen LogP contribution in [0.5, 0.6) is 5.75 Å². The van der Waals surface area contributed by atoms with Crippen molar-refractivity contribution in [2.75, 3.05) is 40.0 Å². The lowest BCUT2D eigenvalue weighted by Crippen LogP contribution is -2.44. The highest BCUT2D eigenvalue weighted by molar-refractivity contribution is 6.31. The molecule has 112 valence electrons. The highest BCUT2D eigenvalue weighted by Crippen LogP contribution is 2.25. The molecule has 0 bridgehead atoms. The van der Waals surface area contributed by atoms with Gasteiger partial charge in [-0.1, -0.05) is 17.7 Å². The summed E-state index contributed by atoms with van der Waals surface area (Å²) in [5.41, 5.74) is 1.02. The number of benzene rings is 1. The van der Waals surface area contributed by atoms with Crippen molar-refractivity contribution in [2.24, 2.45) is 0 Å². The number of methoxy groups -OCH3 is 1. The second-order valence-corrected chi connectivity index (χ2v) is 5.52. The standard InChI is InChI=1S/C15H23ClN2O2/c1-12(11-18-6-8-20-9-7-18)17-10-13-14(16)4-3-5-15(13)19-2/h3-5,12,17H,6-11H2,1-2H3. The summed E-state index contributed by atoms with van der Waals surface area (Å²) in [6.07, 6.45) is 0. The molecule has 5 heteroatoms. The maximum atomic E-state index is 6.24. The zero-order chi connectivity index (χ0) is 14.4. The lowest BCUT2D eigenvalue weighted by Gasteiger charge is -2.29. The summed E-state index contributed by atoms with van der Waals surface area (Å²) in [6, 6.07) is 6.14. The largest absolute Gasteiger partial charge is 0.496 e. The van der Waals surface area contributed by atoms with Crippen molar-refractivity contribution in [3.63, 3.8) is 0 Å². The molecule has 0 saturated carbocycles. The molecule has 1 aromatic carbocycles. The van der Waals surface area contributed by atoms with Gasteiger partial charge >= 0.3 is 0 Å². The Morgan fingerprint density at radius 2 is 2.15 bits per heavy atom. The molecule has 1 heterocycles. The van der Waals surface area contributed by atoms with Gasteiger partial charge < -0.3 is 14.8 Å². The average molecular weight is 299 g/mol. The predicted octanol–water partition coefficient (Wildman–Crippen LogP) is 2.16. The molecule has 2 rings (SSSR count). The van der Waals surface area contributed by atoms with Gasteiger partial charge in [-0.05, 0) is 19.1 Å². The van der Waals surface area contributed by atoms with Gasteiger partial charge in [0.15, 0.2) is 0 Å². The first kappa shape index (κ1) is 15.6. The van der Waals surface area contributed by atoms with E-state index in [2.05, 4.69) is 17.1 Å². The minimum atomic E-state index is 0.397. The predicted molar refractivity (Wildman–Crippen MR) is 81.6 cm³/mol. The van der Waals surface area contributed by atoms with E-state index < -0.39 is 0 Å². The van der Waals surface area contributed by atoms with Crippen molar-refractivity contribution >= 4 is 11.6 Å². The third-order valence-corrected chi connectivity index (χ3v) is 3.91. The highest BCUT2D eigenvalue weighted by atomic mass is 35.5. The van der Waals surface area contributed by atoms with E-state index in [1.807, 2.05) is 18.2 Å². The first-order valence-corrected chi connectivity index (χ1v) is 7.43. The maximum Gasteiger partial charge on any atom is 0.124 e. The van der Waals surface area contributed by atoms with Gasteiger partial charge in [0.05, 0.1) is 20.3 Å². The van der Waals surface area contributed by atoms with E-state index in [4.69, 9.17) is 21.1 Å². The van der Waals surface area contributed by atoms with Crippen LogP contribution in [-0.4, -0.2) is 50.9 Å². The van der Waals surface area contributed by atoms with Gasteiger partial charge in [-0.2, -0.15) is 0 Å². The molecule has 1 aliphatic heterocycles. The van der Waals surface area contributed by atoms with Crippen molar-refractivity contribution in [1.82, 2.24) is 10.2 Å². The molecule has 0 amide bonds. The number of ether oxygens (including phenoxy) is 2. The fourth-order valence-electron chi connectivity index (χ4n) is 2.41. The van der Waals surface area contributed by atoms with Crippen molar-refractivity contribution < 1.29 is 9.47 Å². The lowest BCUT2D eigenvalue weighted by atomic mass is 10.2. The molecule has 0 aromatic heterocycles. The van der Waals surface area contributed by atoms with E-state index >= 15 is 0 Å². The van der Waals surface area contributed by atoms with E-state index in [0.29, 0.717) is 12.6 Å². The minimum Gasteiger partial charge on any atom is -0.496 e. The average Bonchev–Trinajstić information content (AvgIpc) is 2.46. The molecule has 0 radical (unpaired) electrons. The summed E-state index contributed by atoms with van der Waals surface area (Å²) >= 11 is 6.24. The van der Waals surface area contributed by atoms with Crippen molar-refractivity contribution in [1.29, 1.82) is 0 Å². The Labute approximate surface area is 126 Å². The summed E-state index contributed by atoms with van der Waals surface area (Å²) in [5, 5.41) is 4.26. The molecule has 20 heavy (non-hydrogen) atoms. The summed E-state index contributed by atoms with van der Waals surface area (Å²) < 4.78 is 10.7. The van der Waals surface area contributed by atoms with Crippen LogP contribution in [-0.2, 0) is 11.3 Å². The lowest BCUT2D eigenvalue weighted by molar-refractivity contribution is 0.0343. The Hall–Kier alpha value is -0.810. The van der Waals surface area contributed by atoms with Crippen LogP contribution in [0.1, 0.15) is 12.5 Å². The van der Waals surface area contributed by atoms with E-state index in [9.17, 15) is 0 Å². The highest BCUT2D eigenvalue weighted by Gasteiger charge is 2.14. The van der Waals surface area contributed by atoms with Crippen LogP contribution in [0.2, 0.25) is 5.02 Å². The number of nitrogens with one attached hydrogen (secondary N) is 1. The first-order chi connectivity index (χ1) is 9.70. The van der Waals surface area contributed by atoms with Crippen LogP contribution in [0.3, 0.4) is 0 Å². The molecule has 1 fully saturated rings. The Kier molecular flexibility index (Phi) is 6.10. The van der Waals surface area contributed by atoms with Crippen LogP contribution in [0.25, 0.3) is 0 Å². The second kappa shape index (κ2) is 7.84. The van der Waals surface area contributed by atoms with Crippen LogP contribution in [0, 0.1) is 0 Å². The molecule has 1 saturated heterocycles. The fourth-order valence-corrected chi connectivity index (χ4v) is 2.65. The molecule has 0 aliphatic carbocycles. The summed E-state index contributed by atoms with van der Waals surface area (Å²) in [4.78, 5) is 2.42. The molecular weight excluding hydrogens is 276 g/mol. The van der Waals surface area contributed by atoms with Crippen LogP contribution in [0.4, 0.5) is 0 Å². The Balaban J connectivity index is 1.85. The number of halogens is 1. The Bertz CT molecular complexity index is 422. The molecule has 4 nitrogen and oxygen atoms in total. The van der Waals surface area contributed by atoms with E-state index in [-0.39, 0.29) is 0 Å². The summed E-state index contributed by atoms with van der Waals surface area (Å²) in [7, 11) is 1.67. The van der Waals surface area contributed by atoms with E-state index in [0.717, 1.165) is 49.2 Å². The zero-order valence-electron chi connectivity index (χ0n) is 12.2. The van der Waals surface area contributed by atoms with E-state index in [1.54, 1.807) is 7.11 Å².